The molecule has 2 aliphatic carbocycles. The zero-order chi connectivity index (χ0) is 23.9. The van der Waals surface area contributed by atoms with Crippen LogP contribution in [0.4, 0.5) is 0 Å². The SMILES string of the molecule is CCOC(=O)C(Cl)c1c(-c2ccc3c4c(ccc3c2)C2=C(CCC=C2)CC4)ccc2ccccc12. The molecule has 4 aromatic rings. The molecular formula is C32H27ClO2. The Morgan fingerprint density at radius 2 is 1.74 bits per heavy atom. The van der Waals surface area contributed by atoms with Gasteiger partial charge in [0.05, 0.1) is 6.61 Å². The van der Waals surface area contributed by atoms with E-state index in [-0.39, 0.29) is 0 Å². The molecule has 174 valence electrons. The molecule has 0 amide bonds. The van der Waals surface area contributed by atoms with E-state index in [4.69, 9.17) is 16.3 Å². The van der Waals surface area contributed by atoms with Crippen molar-refractivity contribution in [1.82, 2.24) is 0 Å². The van der Waals surface area contributed by atoms with Crippen molar-refractivity contribution < 1.29 is 9.53 Å². The van der Waals surface area contributed by atoms with Crippen molar-refractivity contribution in [2.24, 2.45) is 0 Å². The highest BCUT2D eigenvalue weighted by molar-refractivity contribution is 6.31. The Hall–Kier alpha value is -3.36. The third-order valence-corrected chi connectivity index (χ3v) is 7.80. The van der Waals surface area contributed by atoms with Gasteiger partial charge in [-0.15, -0.1) is 11.6 Å². The largest absolute Gasteiger partial charge is 0.465 e. The van der Waals surface area contributed by atoms with Gasteiger partial charge in [0.1, 0.15) is 0 Å². The summed E-state index contributed by atoms with van der Waals surface area (Å²) in [5.74, 6) is -0.411. The molecule has 0 radical (unpaired) electrons. The summed E-state index contributed by atoms with van der Waals surface area (Å²) in [4.78, 5) is 12.7. The highest BCUT2D eigenvalue weighted by Crippen LogP contribution is 2.42. The van der Waals surface area contributed by atoms with Gasteiger partial charge >= 0.3 is 5.97 Å². The van der Waals surface area contributed by atoms with Gasteiger partial charge < -0.3 is 4.74 Å². The molecule has 0 heterocycles. The van der Waals surface area contributed by atoms with Crippen molar-refractivity contribution in [2.45, 2.75) is 38.0 Å². The van der Waals surface area contributed by atoms with E-state index < -0.39 is 11.3 Å². The number of aryl methyl sites for hydroxylation is 1. The maximum absolute atomic E-state index is 12.7. The van der Waals surface area contributed by atoms with Gasteiger partial charge in [0.15, 0.2) is 5.38 Å². The van der Waals surface area contributed by atoms with Crippen molar-refractivity contribution in [3.8, 4) is 11.1 Å². The fraction of sp³-hybridized carbons (Fsp3) is 0.219. The van der Waals surface area contributed by atoms with Crippen LogP contribution >= 0.6 is 11.6 Å². The number of hydrogen-bond donors (Lipinski definition) is 0. The Morgan fingerprint density at radius 1 is 0.914 bits per heavy atom. The van der Waals surface area contributed by atoms with Gasteiger partial charge in [-0.05, 0) is 93.6 Å². The van der Waals surface area contributed by atoms with Gasteiger partial charge in [0.2, 0.25) is 0 Å². The Bertz CT molecular complexity index is 1540. The average Bonchev–Trinajstić information content (AvgIpc) is 2.91. The van der Waals surface area contributed by atoms with Gasteiger partial charge in [0.25, 0.3) is 0 Å². The minimum atomic E-state index is -0.876. The topological polar surface area (TPSA) is 26.3 Å². The van der Waals surface area contributed by atoms with Crippen LogP contribution in [0.25, 0.3) is 38.2 Å². The Morgan fingerprint density at radius 3 is 2.63 bits per heavy atom. The second-order valence-corrected chi connectivity index (χ2v) is 9.78. The number of ether oxygens (including phenoxy) is 1. The Labute approximate surface area is 210 Å². The van der Waals surface area contributed by atoms with Crippen molar-refractivity contribution in [3.05, 3.63) is 101 Å². The van der Waals surface area contributed by atoms with E-state index in [1.807, 2.05) is 24.3 Å². The first-order valence-electron chi connectivity index (χ1n) is 12.4. The van der Waals surface area contributed by atoms with Gasteiger partial charge in [-0.25, -0.2) is 0 Å². The number of carbonyl (C=O) groups excluding carboxylic acids is 1. The summed E-state index contributed by atoms with van der Waals surface area (Å²) in [6.45, 7) is 2.11. The fourth-order valence-electron chi connectivity index (χ4n) is 5.76. The summed E-state index contributed by atoms with van der Waals surface area (Å²) < 4.78 is 5.29. The zero-order valence-corrected chi connectivity index (χ0v) is 20.6. The maximum atomic E-state index is 12.7. The van der Waals surface area contributed by atoms with Crippen LogP contribution in [0, 0.1) is 0 Å². The molecule has 0 N–H and O–H groups in total. The monoisotopic (exact) mass is 478 g/mol. The number of halogens is 1. The molecule has 3 heteroatoms. The van der Waals surface area contributed by atoms with Crippen molar-refractivity contribution in [2.75, 3.05) is 6.61 Å². The molecule has 0 saturated heterocycles. The lowest BCUT2D eigenvalue weighted by atomic mass is 9.79. The summed E-state index contributed by atoms with van der Waals surface area (Å²) in [6.07, 6.45) is 9.20. The quantitative estimate of drug-likeness (QED) is 0.217. The molecule has 1 unspecified atom stereocenters. The van der Waals surface area contributed by atoms with E-state index in [0.717, 1.165) is 46.7 Å². The van der Waals surface area contributed by atoms with Crippen molar-refractivity contribution in [1.29, 1.82) is 0 Å². The minimum absolute atomic E-state index is 0.302. The molecule has 0 aromatic heterocycles. The van der Waals surface area contributed by atoms with Gasteiger partial charge in [-0.1, -0.05) is 78.4 Å². The third kappa shape index (κ3) is 3.77. The summed E-state index contributed by atoms with van der Waals surface area (Å²) in [5, 5.41) is 3.69. The highest BCUT2D eigenvalue weighted by atomic mass is 35.5. The summed E-state index contributed by atoms with van der Waals surface area (Å²) in [6, 6.07) is 23.4. The van der Waals surface area contributed by atoms with Crippen LogP contribution in [0.1, 0.15) is 48.3 Å². The molecule has 6 rings (SSSR count). The maximum Gasteiger partial charge on any atom is 0.328 e. The summed E-state index contributed by atoms with van der Waals surface area (Å²) in [7, 11) is 0. The van der Waals surface area contributed by atoms with Crippen LogP contribution in [0.15, 0.2) is 84.5 Å². The molecule has 4 aromatic carbocycles. The summed E-state index contributed by atoms with van der Waals surface area (Å²) >= 11 is 6.76. The van der Waals surface area contributed by atoms with Gasteiger partial charge in [0, 0.05) is 0 Å². The fourth-order valence-corrected chi connectivity index (χ4v) is 6.06. The van der Waals surface area contributed by atoms with Crippen molar-refractivity contribution >= 4 is 44.7 Å². The third-order valence-electron chi connectivity index (χ3n) is 7.41. The molecule has 0 fully saturated rings. The smallest absolute Gasteiger partial charge is 0.328 e. The molecule has 0 bridgehead atoms. The second kappa shape index (κ2) is 9.02. The number of allylic oxidation sites excluding steroid dienone is 4. The van der Waals surface area contributed by atoms with E-state index in [1.54, 1.807) is 12.5 Å². The first kappa shape index (κ1) is 22.1. The number of hydrogen-bond acceptors (Lipinski definition) is 2. The predicted molar refractivity (Wildman–Crippen MR) is 146 cm³/mol. The van der Waals surface area contributed by atoms with Crippen LogP contribution in [0.2, 0.25) is 0 Å². The molecule has 0 spiro atoms. The molecular weight excluding hydrogens is 452 g/mol. The Balaban J connectivity index is 1.51. The molecule has 1 atom stereocenters. The van der Waals surface area contributed by atoms with E-state index in [2.05, 4.69) is 54.6 Å². The standard InChI is InChI=1S/C32H27ClO2/c1-2-35-32(34)31(33)30-26-10-6-4-8-21(26)11-16-27(30)23-13-15-25-22(19-23)14-18-28-24-9-5-3-7-20(24)12-17-29(25)28/h4-6,8-11,13-16,18-19,31H,2-3,7,12,17H2,1H3. The first-order chi connectivity index (χ1) is 17.2. The second-order valence-electron chi connectivity index (χ2n) is 9.35. The van der Waals surface area contributed by atoms with E-state index in [1.165, 1.54) is 33.9 Å². The average molecular weight is 479 g/mol. The molecule has 2 nitrogen and oxygen atoms in total. The lowest BCUT2D eigenvalue weighted by molar-refractivity contribution is -0.142. The molecule has 0 aliphatic heterocycles. The highest BCUT2D eigenvalue weighted by Gasteiger charge is 2.26. The molecule has 35 heavy (non-hydrogen) atoms. The van der Waals surface area contributed by atoms with Crippen molar-refractivity contribution in [3.63, 3.8) is 0 Å². The number of alkyl halides is 1. The predicted octanol–water partition coefficient (Wildman–Crippen LogP) is 8.55. The van der Waals surface area contributed by atoms with Gasteiger partial charge in [-0.3, -0.25) is 4.79 Å². The van der Waals surface area contributed by atoms with E-state index in [9.17, 15) is 4.79 Å². The first-order valence-corrected chi connectivity index (χ1v) is 12.9. The number of esters is 1. The van der Waals surface area contributed by atoms with Gasteiger partial charge in [-0.2, -0.15) is 0 Å². The minimum Gasteiger partial charge on any atom is -0.465 e. The van der Waals surface area contributed by atoms with Crippen LogP contribution in [-0.2, 0) is 16.0 Å². The lowest BCUT2D eigenvalue weighted by Crippen LogP contribution is -2.12. The Kier molecular flexibility index (Phi) is 5.70. The van der Waals surface area contributed by atoms with E-state index in [0.29, 0.717) is 6.61 Å². The van der Waals surface area contributed by atoms with Crippen LogP contribution < -0.4 is 0 Å². The number of benzene rings is 4. The lowest BCUT2D eigenvalue weighted by Gasteiger charge is -2.25. The zero-order valence-electron chi connectivity index (χ0n) is 19.8. The molecule has 2 aliphatic rings. The van der Waals surface area contributed by atoms with Crippen LogP contribution in [0.5, 0.6) is 0 Å². The summed E-state index contributed by atoms with van der Waals surface area (Å²) in [5.41, 5.74) is 8.70. The van der Waals surface area contributed by atoms with Crippen LogP contribution in [-0.4, -0.2) is 12.6 Å². The number of fused-ring (bicyclic) bond motifs is 5. The van der Waals surface area contributed by atoms with E-state index >= 15 is 0 Å². The molecule has 0 saturated carbocycles. The number of rotatable bonds is 4. The normalized spacial score (nSPS) is 15.7. The van der Waals surface area contributed by atoms with Crippen LogP contribution in [0.3, 0.4) is 0 Å². The number of carbonyl (C=O) groups is 1.